The molecule has 0 unspecified atom stereocenters. The summed E-state index contributed by atoms with van der Waals surface area (Å²) in [6.45, 7) is 2.01. The van der Waals surface area contributed by atoms with Crippen LogP contribution in [0, 0.1) is 6.92 Å². The molecule has 3 N–H and O–H groups in total. The third kappa shape index (κ3) is 1.66. The summed E-state index contributed by atoms with van der Waals surface area (Å²) in [7, 11) is 0. The van der Waals surface area contributed by atoms with E-state index in [1.54, 1.807) is 6.07 Å². The van der Waals surface area contributed by atoms with Crippen LogP contribution in [-0.4, -0.2) is 15.0 Å². The molecular weight excluding hydrogens is 230 g/mol. The molecule has 0 radical (unpaired) electrons. The van der Waals surface area contributed by atoms with E-state index in [-0.39, 0.29) is 0 Å². The second-order valence-electron chi connectivity index (χ2n) is 4.25. The molecule has 0 spiro atoms. The van der Waals surface area contributed by atoms with Crippen LogP contribution in [0.5, 0.6) is 0 Å². The van der Waals surface area contributed by atoms with Gasteiger partial charge in [-0.2, -0.15) is 0 Å². The zero-order chi connectivity index (χ0) is 12.7. The molecule has 90 valence electrons. The van der Waals surface area contributed by atoms with Crippen molar-refractivity contribution in [3.63, 3.8) is 0 Å². The molecular formula is C13H11N3O2. The first kappa shape index (κ1) is 10.6. The number of hydrogen-bond donors (Lipinski definition) is 3. The van der Waals surface area contributed by atoms with Crippen LogP contribution < -0.4 is 11.2 Å². The van der Waals surface area contributed by atoms with Crippen LogP contribution in [0.15, 0.2) is 39.9 Å². The van der Waals surface area contributed by atoms with Crippen molar-refractivity contribution >= 4 is 11.0 Å². The van der Waals surface area contributed by atoms with Gasteiger partial charge >= 0.3 is 5.69 Å². The molecule has 0 aliphatic heterocycles. The van der Waals surface area contributed by atoms with Gasteiger partial charge in [-0.3, -0.25) is 9.78 Å². The van der Waals surface area contributed by atoms with Gasteiger partial charge in [0.05, 0.1) is 5.52 Å². The average molecular weight is 241 g/mol. The molecule has 3 rings (SSSR count). The molecule has 0 saturated heterocycles. The molecule has 0 saturated carbocycles. The second-order valence-corrected chi connectivity index (χ2v) is 4.25. The summed E-state index contributed by atoms with van der Waals surface area (Å²) >= 11 is 0. The summed E-state index contributed by atoms with van der Waals surface area (Å²) in [6.07, 6.45) is 0. The van der Waals surface area contributed by atoms with Crippen LogP contribution in [-0.2, 0) is 0 Å². The van der Waals surface area contributed by atoms with E-state index in [2.05, 4.69) is 15.0 Å². The Morgan fingerprint density at radius 2 is 1.67 bits per heavy atom. The minimum atomic E-state index is -0.498. The van der Waals surface area contributed by atoms with Crippen molar-refractivity contribution in [3.8, 4) is 11.3 Å². The lowest BCUT2D eigenvalue weighted by Gasteiger charge is -1.97. The number of fused-ring (bicyclic) bond motifs is 1. The molecule has 5 heteroatoms. The minimum Gasteiger partial charge on any atom is -0.349 e. The fourth-order valence-corrected chi connectivity index (χ4v) is 1.94. The molecule has 0 aliphatic carbocycles. The third-order valence-corrected chi connectivity index (χ3v) is 2.88. The highest BCUT2D eigenvalue weighted by Gasteiger charge is 2.07. The molecule has 0 atom stereocenters. The van der Waals surface area contributed by atoms with E-state index >= 15 is 0 Å². The van der Waals surface area contributed by atoms with E-state index in [9.17, 15) is 9.59 Å². The lowest BCUT2D eigenvalue weighted by atomic mass is 10.1. The van der Waals surface area contributed by atoms with E-state index in [4.69, 9.17) is 0 Å². The highest BCUT2D eigenvalue weighted by Crippen LogP contribution is 2.20. The number of benzene rings is 1. The van der Waals surface area contributed by atoms with Gasteiger partial charge < -0.3 is 9.97 Å². The molecule has 2 heterocycles. The van der Waals surface area contributed by atoms with E-state index in [1.165, 1.54) is 5.56 Å². The van der Waals surface area contributed by atoms with Crippen molar-refractivity contribution in [2.45, 2.75) is 6.92 Å². The van der Waals surface area contributed by atoms with Gasteiger partial charge in [0.2, 0.25) is 0 Å². The van der Waals surface area contributed by atoms with Crippen LogP contribution in [0.25, 0.3) is 22.3 Å². The van der Waals surface area contributed by atoms with Gasteiger partial charge in [-0.15, -0.1) is 0 Å². The lowest BCUT2D eigenvalue weighted by Crippen LogP contribution is -2.21. The molecule has 0 fully saturated rings. The predicted molar refractivity (Wildman–Crippen MR) is 69.7 cm³/mol. The number of aromatic nitrogens is 3. The summed E-state index contributed by atoms with van der Waals surface area (Å²) in [5, 5.41) is 0. The summed E-state index contributed by atoms with van der Waals surface area (Å²) in [4.78, 5) is 30.6. The zero-order valence-electron chi connectivity index (χ0n) is 9.70. The predicted octanol–water partition coefficient (Wildman–Crippen LogP) is 1.52. The van der Waals surface area contributed by atoms with Gasteiger partial charge in [0.25, 0.3) is 5.56 Å². The quantitative estimate of drug-likeness (QED) is 0.603. The minimum absolute atomic E-state index is 0.380. The topological polar surface area (TPSA) is 81.5 Å². The molecule has 5 nitrogen and oxygen atoms in total. The zero-order valence-corrected chi connectivity index (χ0v) is 9.70. The fourth-order valence-electron chi connectivity index (χ4n) is 1.94. The molecule has 1 aromatic carbocycles. The van der Waals surface area contributed by atoms with Crippen LogP contribution in [0.3, 0.4) is 0 Å². The monoisotopic (exact) mass is 241 g/mol. The Kier molecular flexibility index (Phi) is 2.19. The highest BCUT2D eigenvalue weighted by atomic mass is 16.2. The van der Waals surface area contributed by atoms with Gasteiger partial charge in [-0.05, 0) is 18.6 Å². The van der Waals surface area contributed by atoms with E-state index < -0.39 is 11.2 Å². The average Bonchev–Trinajstić information content (AvgIpc) is 2.74. The number of rotatable bonds is 1. The molecule has 0 bridgehead atoms. The maximum atomic E-state index is 11.6. The van der Waals surface area contributed by atoms with Crippen LogP contribution >= 0.6 is 0 Å². The number of nitrogens with one attached hydrogen (secondary N) is 3. The molecule has 2 aromatic heterocycles. The normalized spacial score (nSPS) is 10.9. The summed E-state index contributed by atoms with van der Waals surface area (Å²) in [6, 6.07) is 9.68. The number of aryl methyl sites for hydroxylation is 1. The Balaban J connectivity index is 2.25. The van der Waals surface area contributed by atoms with Gasteiger partial charge in [-0.25, -0.2) is 4.79 Å². The molecule has 0 aliphatic rings. The van der Waals surface area contributed by atoms with Crippen molar-refractivity contribution in [3.05, 3.63) is 56.7 Å². The third-order valence-electron chi connectivity index (χ3n) is 2.88. The summed E-state index contributed by atoms with van der Waals surface area (Å²) in [5.74, 6) is 0. The first-order chi connectivity index (χ1) is 8.63. The maximum Gasteiger partial charge on any atom is 0.326 e. The second kappa shape index (κ2) is 3.73. The Labute approximate surface area is 102 Å². The highest BCUT2D eigenvalue weighted by molar-refractivity contribution is 5.81. The molecule has 18 heavy (non-hydrogen) atoms. The van der Waals surface area contributed by atoms with Gasteiger partial charge in [0.15, 0.2) is 0 Å². The standard InChI is InChI=1S/C13H11N3O2/c1-7-2-4-8(5-3-7)9-6-10-11(14-9)12(17)16-13(18)15-10/h2-6,14H,1H3,(H2,15,16,17,18). The SMILES string of the molecule is Cc1ccc(-c2cc3[nH]c(=O)[nH]c(=O)c3[nH]2)cc1. The number of aromatic amines is 3. The van der Waals surface area contributed by atoms with Crippen LogP contribution in [0.1, 0.15) is 5.56 Å². The van der Waals surface area contributed by atoms with Gasteiger partial charge in [-0.1, -0.05) is 29.8 Å². The van der Waals surface area contributed by atoms with Crippen LogP contribution in [0.2, 0.25) is 0 Å². The van der Waals surface area contributed by atoms with Crippen molar-refractivity contribution in [2.24, 2.45) is 0 Å². The Bertz CT molecular complexity index is 822. The maximum absolute atomic E-state index is 11.6. The van der Waals surface area contributed by atoms with E-state index in [1.807, 2.05) is 31.2 Å². The van der Waals surface area contributed by atoms with Crippen LogP contribution in [0.4, 0.5) is 0 Å². The molecule has 0 amide bonds. The number of hydrogen-bond acceptors (Lipinski definition) is 2. The smallest absolute Gasteiger partial charge is 0.326 e. The van der Waals surface area contributed by atoms with E-state index in [0.29, 0.717) is 11.0 Å². The Morgan fingerprint density at radius 3 is 2.39 bits per heavy atom. The Morgan fingerprint density at radius 1 is 0.944 bits per heavy atom. The number of H-pyrrole nitrogens is 3. The largest absolute Gasteiger partial charge is 0.349 e. The Hall–Kier alpha value is -2.56. The lowest BCUT2D eigenvalue weighted by molar-refractivity contribution is 1.08. The summed E-state index contributed by atoms with van der Waals surface area (Å²) < 4.78 is 0. The van der Waals surface area contributed by atoms with Gasteiger partial charge in [0.1, 0.15) is 5.52 Å². The van der Waals surface area contributed by atoms with Crippen molar-refractivity contribution in [2.75, 3.05) is 0 Å². The van der Waals surface area contributed by atoms with Gasteiger partial charge in [0, 0.05) is 5.69 Å². The molecule has 3 aromatic rings. The van der Waals surface area contributed by atoms with Crippen molar-refractivity contribution in [1.82, 2.24) is 15.0 Å². The first-order valence-corrected chi connectivity index (χ1v) is 5.56. The van der Waals surface area contributed by atoms with E-state index in [0.717, 1.165) is 11.3 Å². The summed E-state index contributed by atoms with van der Waals surface area (Å²) in [5.41, 5.74) is 2.93. The first-order valence-electron chi connectivity index (χ1n) is 5.56. The van der Waals surface area contributed by atoms with Crippen molar-refractivity contribution in [1.29, 1.82) is 0 Å². The fraction of sp³-hybridized carbons (Fsp3) is 0.0769. The van der Waals surface area contributed by atoms with Crippen molar-refractivity contribution < 1.29 is 0 Å².